The molecular formula is C20H20N4O5S. The summed E-state index contributed by atoms with van der Waals surface area (Å²) >= 11 is 1.34. The lowest BCUT2D eigenvalue weighted by molar-refractivity contribution is 0.0461. The summed E-state index contributed by atoms with van der Waals surface area (Å²) in [6.07, 6.45) is 0. The molecular weight excluding hydrogens is 408 g/mol. The molecule has 4 rings (SSSR count). The van der Waals surface area contributed by atoms with Gasteiger partial charge in [0.15, 0.2) is 23.9 Å². The second-order valence-corrected chi connectivity index (χ2v) is 7.27. The molecule has 0 saturated carbocycles. The van der Waals surface area contributed by atoms with Gasteiger partial charge in [0.1, 0.15) is 4.70 Å². The Morgan fingerprint density at radius 2 is 1.87 bits per heavy atom. The Hall–Kier alpha value is -3.40. The van der Waals surface area contributed by atoms with Crippen LogP contribution >= 0.6 is 11.3 Å². The van der Waals surface area contributed by atoms with Crippen molar-refractivity contribution in [2.24, 2.45) is 7.05 Å². The van der Waals surface area contributed by atoms with Crippen molar-refractivity contribution in [3.8, 4) is 11.5 Å². The van der Waals surface area contributed by atoms with Gasteiger partial charge in [0.05, 0.1) is 24.3 Å². The van der Waals surface area contributed by atoms with E-state index in [4.69, 9.17) is 14.2 Å². The number of esters is 1. The number of fused-ring (bicyclic) bond motifs is 3. The van der Waals surface area contributed by atoms with Crippen LogP contribution in [0.1, 0.15) is 30.0 Å². The molecule has 3 aromatic heterocycles. The van der Waals surface area contributed by atoms with Crippen molar-refractivity contribution in [1.29, 1.82) is 0 Å². The lowest BCUT2D eigenvalue weighted by atomic mass is 10.2. The number of thiophene rings is 1. The second-order valence-electron chi connectivity index (χ2n) is 6.35. The van der Waals surface area contributed by atoms with Crippen molar-refractivity contribution in [3.63, 3.8) is 0 Å². The summed E-state index contributed by atoms with van der Waals surface area (Å²) < 4.78 is 20.3. The fourth-order valence-corrected chi connectivity index (χ4v) is 3.99. The van der Waals surface area contributed by atoms with Crippen LogP contribution in [0.3, 0.4) is 0 Å². The minimum absolute atomic E-state index is 0.0969. The lowest BCUT2D eigenvalue weighted by Crippen LogP contribution is -2.19. The van der Waals surface area contributed by atoms with E-state index in [1.165, 1.54) is 15.9 Å². The zero-order valence-electron chi connectivity index (χ0n) is 16.7. The zero-order valence-corrected chi connectivity index (χ0v) is 17.6. The molecule has 0 fully saturated rings. The van der Waals surface area contributed by atoms with Crippen LogP contribution in [-0.2, 0) is 18.4 Å². The van der Waals surface area contributed by atoms with E-state index in [0.29, 0.717) is 52.1 Å². The van der Waals surface area contributed by atoms with E-state index >= 15 is 0 Å². The predicted molar refractivity (Wildman–Crippen MR) is 112 cm³/mol. The van der Waals surface area contributed by atoms with Crippen molar-refractivity contribution < 1.29 is 19.0 Å². The summed E-state index contributed by atoms with van der Waals surface area (Å²) in [6, 6.07) is 6.73. The molecule has 0 bridgehead atoms. The topological polar surface area (TPSA) is 97.0 Å². The molecule has 0 N–H and O–H groups in total. The molecule has 0 aliphatic carbocycles. The summed E-state index contributed by atoms with van der Waals surface area (Å²) in [7, 11) is 1.64. The first-order valence-electron chi connectivity index (χ1n) is 9.42. The van der Waals surface area contributed by atoms with E-state index in [-0.39, 0.29) is 12.2 Å². The van der Waals surface area contributed by atoms with E-state index in [9.17, 15) is 9.59 Å². The van der Waals surface area contributed by atoms with Crippen molar-refractivity contribution in [2.45, 2.75) is 20.5 Å². The number of ether oxygens (including phenoxy) is 3. The quantitative estimate of drug-likeness (QED) is 0.418. The Bertz CT molecular complexity index is 1290. The van der Waals surface area contributed by atoms with Gasteiger partial charge in [0.25, 0.3) is 5.56 Å². The maximum Gasteiger partial charge on any atom is 0.338 e. The molecule has 0 radical (unpaired) electrons. The van der Waals surface area contributed by atoms with Crippen LogP contribution in [0.4, 0.5) is 0 Å². The Morgan fingerprint density at radius 3 is 2.63 bits per heavy atom. The van der Waals surface area contributed by atoms with Crippen molar-refractivity contribution in [2.75, 3.05) is 13.2 Å². The number of aromatic nitrogens is 4. The molecule has 0 unspecified atom stereocenters. The van der Waals surface area contributed by atoms with E-state index in [1.54, 1.807) is 29.6 Å². The molecule has 0 aliphatic rings. The maximum absolute atomic E-state index is 12.6. The van der Waals surface area contributed by atoms with E-state index in [1.807, 2.05) is 25.3 Å². The number of benzene rings is 1. The van der Waals surface area contributed by atoms with Crippen LogP contribution in [0.5, 0.6) is 11.5 Å². The first-order chi connectivity index (χ1) is 14.5. The van der Waals surface area contributed by atoms with Crippen molar-refractivity contribution in [1.82, 2.24) is 19.2 Å². The molecule has 0 amide bonds. The molecule has 156 valence electrons. The van der Waals surface area contributed by atoms with E-state index in [2.05, 4.69) is 10.2 Å². The highest BCUT2D eigenvalue weighted by Gasteiger charge is 2.18. The Balaban J connectivity index is 1.61. The number of carbonyl (C=O) groups is 1. The first-order valence-corrected chi connectivity index (χ1v) is 10.3. The average Bonchev–Trinajstić information content (AvgIpc) is 3.39. The summed E-state index contributed by atoms with van der Waals surface area (Å²) in [5.41, 5.74) is 0.888. The summed E-state index contributed by atoms with van der Waals surface area (Å²) in [4.78, 5) is 25.0. The molecule has 0 saturated heterocycles. The van der Waals surface area contributed by atoms with Gasteiger partial charge < -0.3 is 14.2 Å². The minimum Gasteiger partial charge on any atom is -0.490 e. The number of nitrogens with zero attached hydrogens (tertiary/aromatic N) is 4. The van der Waals surface area contributed by atoms with Gasteiger partial charge in [-0.05, 0) is 43.5 Å². The molecule has 3 heterocycles. The van der Waals surface area contributed by atoms with Gasteiger partial charge >= 0.3 is 5.97 Å². The van der Waals surface area contributed by atoms with Crippen molar-refractivity contribution in [3.05, 3.63) is 51.4 Å². The van der Waals surface area contributed by atoms with Crippen LogP contribution in [0.2, 0.25) is 0 Å². The summed E-state index contributed by atoms with van der Waals surface area (Å²) in [6.45, 7) is 4.57. The summed E-state index contributed by atoms with van der Waals surface area (Å²) in [5.74, 6) is 1.34. The Labute approximate surface area is 175 Å². The Morgan fingerprint density at radius 1 is 1.10 bits per heavy atom. The van der Waals surface area contributed by atoms with Gasteiger partial charge in [-0.2, -0.15) is 0 Å². The standard InChI is InChI=1S/C20H20N4O5S/c1-4-27-14-7-6-12(10-15(14)28-5-2)19(26)29-11-16-21-22-20-23(3)18(25)17-13(24(16)20)8-9-30-17/h6-10H,4-5,11H2,1-3H3. The van der Waals surface area contributed by atoms with E-state index in [0.717, 1.165) is 0 Å². The molecule has 4 aromatic rings. The van der Waals surface area contributed by atoms with Gasteiger partial charge in [0, 0.05) is 7.05 Å². The fourth-order valence-electron chi connectivity index (χ4n) is 3.14. The summed E-state index contributed by atoms with van der Waals surface area (Å²) in [5, 5.41) is 10.0. The van der Waals surface area contributed by atoms with Crippen LogP contribution in [0.15, 0.2) is 34.4 Å². The third kappa shape index (κ3) is 3.39. The van der Waals surface area contributed by atoms with Gasteiger partial charge in [-0.3, -0.25) is 13.8 Å². The third-order valence-corrected chi connectivity index (χ3v) is 5.40. The second kappa shape index (κ2) is 8.15. The highest BCUT2D eigenvalue weighted by Crippen LogP contribution is 2.29. The number of aryl methyl sites for hydroxylation is 1. The van der Waals surface area contributed by atoms with Crippen molar-refractivity contribution >= 4 is 33.3 Å². The molecule has 0 spiro atoms. The minimum atomic E-state index is -0.526. The Kier molecular flexibility index (Phi) is 5.40. The van der Waals surface area contributed by atoms with Gasteiger partial charge in [-0.15, -0.1) is 21.5 Å². The van der Waals surface area contributed by atoms with Crippen LogP contribution in [0.25, 0.3) is 16.0 Å². The average molecular weight is 428 g/mol. The number of carbonyl (C=O) groups excluding carboxylic acids is 1. The van der Waals surface area contributed by atoms with Gasteiger partial charge in [-0.25, -0.2) is 4.79 Å². The smallest absolute Gasteiger partial charge is 0.338 e. The number of hydrogen-bond donors (Lipinski definition) is 0. The highest BCUT2D eigenvalue weighted by molar-refractivity contribution is 7.17. The SMILES string of the molecule is CCOc1ccc(C(=O)OCc2nnc3n(C)c(=O)c4sccc4n23)cc1OCC. The molecule has 30 heavy (non-hydrogen) atoms. The fraction of sp³-hybridized carbons (Fsp3) is 0.300. The molecule has 0 aliphatic heterocycles. The maximum atomic E-state index is 12.6. The van der Waals surface area contributed by atoms with Gasteiger partial charge in [-0.1, -0.05) is 0 Å². The predicted octanol–water partition coefficient (Wildman–Crippen LogP) is 2.80. The van der Waals surface area contributed by atoms with E-state index < -0.39 is 5.97 Å². The monoisotopic (exact) mass is 428 g/mol. The number of rotatable bonds is 7. The van der Waals surface area contributed by atoms with Gasteiger partial charge in [0.2, 0.25) is 5.78 Å². The van der Waals surface area contributed by atoms with Crippen LogP contribution < -0.4 is 15.0 Å². The zero-order chi connectivity index (χ0) is 21.3. The van der Waals surface area contributed by atoms with Crippen LogP contribution in [-0.4, -0.2) is 38.3 Å². The first kappa shape index (κ1) is 19.9. The number of hydrogen-bond acceptors (Lipinski definition) is 8. The van der Waals surface area contributed by atoms with Crippen LogP contribution in [0, 0.1) is 0 Å². The molecule has 1 aromatic carbocycles. The molecule has 0 atom stereocenters. The molecule has 9 nitrogen and oxygen atoms in total. The largest absolute Gasteiger partial charge is 0.490 e. The highest BCUT2D eigenvalue weighted by atomic mass is 32.1. The molecule has 10 heteroatoms. The lowest BCUT2D eigenvalue weighted by Gasteiger charge is -2.12. The normalized spacial score (nSPS) is 11.2. The third-order valence-electron chi connectivity index (χ3n) is 4.51.